The van der Waals surface area contributed by atoms with E-state index in [-0.39, 0.29) is 109 Å². The van der Waals surface area contributed by atoms with Crippen molar-refractivity contribution in [3.63, 3.8) is 0 Å². The van der Waals surface area contributed by atoms with Crippen LogP contribution in [0, 0.1) is 35.5 Å². The van der Waals surface area contributed by atoms with Gasteiger partial charge in [0.15, 0.2) is 11.6 Å². The predicted octanol–water partition coefficient (Wildman–Crippen LogP) is 6.56. The van der Waals surface area contributed by atoms with Crippen molar-refractivity contribution in [1.29, 1.82) is 0 Å². The van der Waals surface area contributed by atoms with Gasteiger partial charge in [-0.15, -0.1) is 0 Å². The molecule has 1 saturated heterocycles. The molecule has 1 fully saturated rings. The summed E-state index contributed by atoms with van der Waals surface area (Å²) in [6, 6.07) is 4.26. The summed E-state index contributed by atoms with van der Waals surface area (Å²) >= 11 is 1.36. The Morgan fingerprint density at radius 2 is 1.49 bits per heavy atom. The van der Waals surface area contributed by atoms with E-state index in [0.717, 1.165) is 6.42 Å². The molecule has 0 spiro atoms. The Morgan fingerprint density at radius 3 is 2.03 bits per heavy atom. The Hall–Kier alpha value is -5.00. The van der Waals surface area contributed by atoms with Crippen LogP contribution in [0.3, 0.4) is 0 Å². The van der Waals surface area contributed by atoms with Crippen LogP contribution in [0.15, 0.2) is 24.3 Å². The van der Waals surface area contributed by atoms with E-state index >= 15 is 0 Å². The van der Waals surface area contributed by atoms with Gasteiger partial charge < -0.3 is 36.2 Å². The highest BCUT2D eigenvalue weighted by molar-refractivity contribution is 8.00. The molecule has 18 heteroatoms. The van der Waals surface area contributed by atoms with Crippen LogP contribution in [0.2, 0.25) is 0 Å². The van der Waals surface area contributed by atoms with Gasteiger partial charge in [0.2, 0.25) is 29.5 Å². The standard InChI is InChI=1S/C50H81N7O10S/c1-13-33(8)34(9)55(10)47(63)38(30(2)3)27-40(59)45(32(6)7)56(11)50(66)67-29-35-20-22-37(23-21-35)53-46(62)36(18-17-24-52-49(51)65)26-39(58)44(31(4)5)54-42(60)19-15-14-16-25-57-43(61)28-41(68-12)48(57)64/h20-23,30-34,36,38,41,44-45H,13-19,24-29H2,1-12H3,(H,53,62)(H,54,60)(H3,51,52,65)/t33-,34+,36+,38-,41?,44-,45-/m0/s1. The minimum Gasteiger partial charge on any atom is -0.445 e. The molecule has 0 saturated carbocycles. The summed E-state index contributed by atoms with van der Waals surface area (Å²) in [7, 11) is 3.30. The Kier molecular flexibility index (Phi) is 25.3. The molecule has 0 bridgehead atoms. The quantitative estimate of drug-likeness (QED) is 0.0476. The summed E-state index contributed by atoms with van der Waals surface area (Å²) in [5.41, 5.74) is 6.26. The predicted molar refractivity (Wildman–Crippen MR) is 265 cm³/mol. The molecule has 17 nitrogen and oxygen atoms in total. The molecule has 8 amide bonds. The number of rotatable bonds is 30. The molecular formula is C50H81N7O10S. The summed E-state index contributed by atoms with van der Waals surface area (Å²) in [6.45, 7) is 17.7. The molecule has 68 heavy (non-hydrogen) atoms. The third-order valence-electron chi connectivity index (χ3n) is 13.2. The van der Waals surface area contributed by atoms with Crippen LogP contribution in [0.5, 0.6) is 0 Å². The number of amides is 8. The second-order valence-electron chi connectivity index (χ2n) is 19.3. The number of unbranched alkanes of at least 4 members (excludes halogenated alkanes) is 2. The van der Waals surface area contributed by atoms with Gasteiger partial charge in [-0.25, -0.2) is 9.59 Å². The van der Waals surface area contributed by atoms with E-state index in [4.69, 9.17) is 10.5 Å². The van der Waals surface area contributed by atoms with E-state index in [1.165, 1.54) is 28.6 Å². The molecule has 0 aliphatic carbocycles. The molecule has 0 radical (unpaired) electrons. The number of imide groups is 1. The van der Waals surface area contributed by atoms with Crippen LogP contribution in [-0.4, -0.2) is 125 Å². The summed E-state index contributed by atoms with van der Waals surface area (Å²) < 4.78 is 5.63. The van der Waals surface area contributed by atoms with Crippen molar-refractivity contribution in [3.8, 4) is 0 Å². The van der Waals surface area contributed by atoms with Crippen molar-refractivity contribution >= 4 is 70.7 Å². The molecule has 1 heterocycles. The Morgan fingerprint density at radius 1 is 0.838 bits per heavy atom. The molecule has 7 atom stereocenters. The number of hydrogen-bond acceptors (Lipinski definition) is 11. The number of carbonyl (C=O) groups excluding carboxylic acids is 9. The number of hydrogen-bond donors (Lipinski definition) is 4. The van der Waals surface area contributed by atoms with Crippen molar-refractivity contribution in [2.75, 3.05) is 38.8 Å². The molecule has 1 unspecified atom stereocenters. The van der Waals surface area contributed by atoms with Crippen molar-refractivity contribution in [2.24, 2.45) is 41.2 Å². The maximum Gasteiger partial charge on any atom is 0.410 e. The first-order valence-electron chi connectivity index (χ1n) is 24.3. The Bertz CT molecular complexity index is 1880. The number of likely N-dealkylation sites (N-methyl/N-ethyl adjacent to an activating group) is 1. The van der Waals surface area contributed by atoms with Gasteiger partial charge in [0, 0.05) is 76.4 Å². The number of nitrogens with one attached hydrogen (secondary N) is 3. The zero-order chi connectivity index (χ0) is 51.4. The number of nitrogens with zero attached hydrogens (tertiary/aromatic N) is 3. The molecule has 1 aromatic carbocycles. The molecule has 1 aliphatic heterocycles. The Labute approximate surface area is 408 Å². The van der Waals surface area contributed by atoms with Gasteiger partial charge in [0.05, 0.1) is 17.3 Å². The topological polar surface area (TPSA) is 235 Å². The van der Waals surface area contributed by atoms with E-state index < -0.39 is 42.0 Å². The minimum absolute atomic E-state index is 0.00708. The van der Waals surface area contributed by atoms with Gasteiger partial charge in [-0.05, 0) is 80.2 Å². The lowest BCUT2D eigenvalue weighted by Crippen LogP contribution is -2.48. The summed E-state index contributed by atoms with van der Waals surface area (Å²) in [6.07, 6.45) is 4.47. The fourth-order valence-corrected chi connectivity index (χ4v) is 9.02. The fraction of sp³-hybridized carbons (Fsp3) is 0.700. The molecule has 1 aromatic rings. The number of likely N-dealkylation sites (tertiary alicyclic amines) is 1. The summed E-state index contributed by atoms with van der Waals surface area (Å²) in [5.74, 6) is -3.40. The third kappa shape index (κ3) is 18.5. The summed E-state index contributed by atoms with van der Waals surface area (Å²) in [4.78, 5) is 121. The molecule has 5 N–H and O–H groups in total. The number of ether oxygens (including phenoxy) is 1. The van der Waals surface area contributed by atoms with E-state index in [2.05, 4.69) is 29.8 Å². The van der Waals surface area contributed by atoms with Crippen molar-refractivity contribution < 1.29 is 47.9 Å². The lowest BCUT2D eigenvalue weighted by Gasteiger charge is -2.35. The number of anilines is 1. The first-order valence-corrected chi connectivity index (χ1v) is 25.5. The number of carbonyl (C=O) groups is 9. The van der Waals surface area contributed by atoms with Crippen LogP contribution in [0.4, 0.5) is 15.3 Å². The number of nitrogens with two attached hydrogens (primary N) is 1. The van der Waals surface area contributed by atoms with Crippen molar-refractivity contribution in [1.82, 2.24) is 25.3 Å². The summed E-state index contributed by atoms with van der Waals surface area (Å²) in [5, 5.41) is 7.87. The monoisotopic (exact) mass is 972 g/mol. The third-order valence-corrected chi connectivity index (χ3v) is 14.1. The van der Waals surface area contributed by atoms with Gasteiger partial charge in [-0.1, -0.05) is 80.4 Å². The van der Waals surface area contributed by atoms with Crippen LogP contribution in [-0.2, 0) is 44.9 Å². The Balaban J connectivity index is 2.04. The molecule has 2 rings (SSSR count). The van der Waals surface area contributed by atoms with Gasteiger partial charge in [-0.2, -0.15) is 11.8 Å². The normalized spacial score (nSPS) is 16.5. The van der Waals surface area contributed by atoms with Gasteiger partial charge in [0.1, 0.15) is 6.61 Å². The molecular weight excluding hydrogens is 891 g/mol. The van der Waals surface area contributed by atoms with Gasteiger partial charge in [-0.3, -0.25) is 38.5 Å². The number of urea groups is 1. The largest absolute Gasteiger partial charge is 0.445 e. The number of benzene rings is 1. The first kappa shape index (κ1) is 59.1. The van der Waals surface area contributed by atoms with Gasteiger partial charge >= 0.3 is 12.1 Å². The lowest BCUT2D eigenvalue weighted by molar-refractivity contribution is -0.142. The zero-order valence-corrected chi connectivity index (χ0v) is 43.5. The highest BCUT2D eigenvalue weighted by Gasteiger charge is 2.38. The van der Waals surface area contributed by atoms with E-state index in [1.807, 2.05) is 48.5 Å². The highest BCUT2D eigenvalue weighted by Crippen LogP contribution is 2.27. The highest BCUT2D eigenvalue weighted by atomic mass is 32.2. The SMILES string of the molecule is CC[C@H](C)[C@@H](C)N(C)C(=O)[C@@H](CC(=O)[C@H](C(C)C)N(C)C(=O)OCc1ccc(NC(=O)[C@H](CCCNC(N)=O)CC(=O)[C@@H](NC(=O)CCCCCN2C(=O)CC(SC)C2=O)C(C)C)cc1)C(C)C. The van der Waals surface area contributed by atoms with E-state index in [9.17, 15) is 43.2 Å². The minimum atomic E-state index is -0.851. The average molecular weight is 972 g/mol. The fourth-order valence-electron chi connectivity index (χ4n) is 8.38. The maximum atomic E-state index is 13.8. The van der Waals surface area contributed by atoms with Crippen LogP contribution in [0.25, 0.3) is 0 Å². The average Bonchev–Trinajstić information content (AvgIpc) is 3.56. The second-order valence-corrected chi connectivity index (χ2v) is 20.4. The molecule has 382 valence electrons. The number of primary amides is 1. The molecule has 1 aliphatic rings. The van der Waals surface area contributed by atoms with Crippen LogP contribution >= 0.6 is 11.8 Å². The van der Waals surface area contributed by atoms with Crippen molar-refractivity contribution in [3.05, 3.63) is 29.8 Å². The first-order chi connectivity index (χ1) is 31.9. The van der Waals surface area contributed by atoms with Crippen LogP contribution in [0.1, 0.15) is 132 Å². The van der Waals surface area contributed by atoms with E-state index in [0.29, 0.717) is 49.4 Å². The second kappa shape index (κ2) is 29.1. The van der Waals surface area contributed by atoms with Gasteiger partial charge in [0.25, 0.3) is 0 Å². The van der Waals surface area contributed by atoms with Crippen LogP contribution < -0.4 is 21.7 Å². The number of thioether (sulfide) groups is 1. The molecule has 0 aromatic heterocycles. The maximum absolute atomic E-state index is 13.8. The number of ketones is 2. The van der Waals surface area contributed by atoms with E-state index in [1.54, 1.807) is 42.5 Å². The zero-order valence-electron chi connectivity index (χ0n) is 42.7. The number of Topliss-reactive ketones (excluding diaryl/α,β-unsaturated/α-hetero) is 2. The lowest BCUT2D eigenvalue weighted by atomic mass is 9.84. The van der Waals surface area contributed by atoms with Crippen molar-refractivity contribution in [2.45, 2.75) is 157 Å². The smallest absolute Gasteiger partial charge is 0.410 e.